The van der Waals surface area contributed by atoms with Gasteiger partial charge in [0.25, 0.3) is 15.9 Å². The summed E-state index contributed by atoms with van der Waals surface area (Å²) in [6, 6.07) is 10.6. The maximum atomic E-state index is 12.8. The topological polar surface area (TPSA) is 75.7 Å². The molecule has 0 aliphatic heterocycles. The minimum atomic E-state index is -3.78. The van der Waals surface area contributed by atoms with Gasteiger partial charge in [0, 0.05) is 13.6 Å². The van der Waals surface area contributed by atoms with Crippen LogP contribution in [0.2, 0.25) is 5.02 Å². The molecule has 0 aliphatic rings. The molecule has 0 spiro atoms. The van der Waals surface area contributed by atoms with E-state index in [4.69, 9.17) is 16.3 Å². The number of nitrogens with one attached hydrogen (secondary N) is 1. The SMILES string of the molecule is CCNC(=O)c1cc(N(C)S(=O)(=O)c2ccc(OC)cc2)ccc1Cl. The van der Waals surface area contributed by atoms with Crippen LogP contribution in [0.25, 0.3) is 0 Å². The smallest absolute Gasteiger partial charge is 0.264 e. The number of anilines is 1. The van der Waals surface area contributed by atoms with E-state index in [2.05, 4.69) is 5.32 Å². The van der Waals surface area contributed by atoms with Gasteiger partial charge >= 0.3 is 0 Å². The van der Waals surface area contributed by atoms with Crippen LogP contribution in [0.4, 0.5) is 5.69 Å². The summed E-state index contributed by atoms with van der Waals surface area (Å²) < 4.78 is 31.7. The first-order valence-corrected chi connectivity index (χ1v) is 9.33. The lowest BCUT2D eigenvalue weighted by molar-refractivity contribution is 0.0956. The molecule has 8 heteroatoms. The molecule has 0 radical (unpaired) electrons. The third-order valence-electron chi connectivity index (χ3n) is 3.61. The Morgan fingerprint density at radius 2 is 1.84 bits per heavy atom. The number of rotatable bonds is 6. The van der Waals surface area contributed by atoms with Crippen LogP contribution in [0.15, 0.2) is 47.4 Å². The Balaban J connectivity index is 2.39. The molecule has 25 heavy (non-hydrogen) atoms. The van der Waals surface area contributed by atoms with E-state index in [1.54, 1.807) is 25.1 Å². The zero-order chi connectivity index (χ0) is 18.6. The molecular formula is C17H19ClN2O4S. The van der Waals surface area contributed by atoms with Gasteiger partial charge in [-0.2, -0.15) is 0 Å². The highest BCUT2D eigenvalue weighted by Gasteiger charge is 2.23. The first-order chi connectivity index (χ1) is 11.8. The highest BCUT2D eigenvalue weighted by molar-refractivity contribution is 7.92. The molecule has 2 aromatic carbocycles. The summed E-state index contributed by atoms with van der Waals surface area (Å²) in [4.78, 5) is 12.2. The van der Waals surface area contributed by atoms with Crippen molar-refractivity contribution >= 4 is 33.2 Å². The second-order valence-corrected chi connectivity index (χ2v) is 7.55. The first-order valence-electron chi connectivity index (χ1n) is 7.52. The summed E-state index contributed by atoms with van der Waals surface area (Å²) in [5, 5.41) is 2.90. The van der Waals surface area contributed by atoms with Crippen molar-refractivity contribution in [2.75, 3.05) is 25.0 Å². The van der Waals surface area contributed by atoms with Crippen LogP contribution in [-0.2, 0) is 10.0 Å². The standard InChI is InChI=1S/C17H19ClN2O4S/c1-4-19-17(21)15-11-12(5-10-16(15)18)20(2)25(22,23)14-8-6-13(24-3)7-9-14/h5-11H,4H2,1-3H3,(H,19,21). The normalized spacial score (nSPS) is 11.0. The van der Waals surface area contributed by atoms with Gasteiger partial charge in [0.05, 0.1) is 28.3 Å². The van der Waals surface area contributed by atoms with Crippen molar-refractivity contribution in [3.8, 4) is 5.75 Å². The van der Waals surface area contributed by atoms with Gasteiger partial charge < -0.3 is 10.1 Å². The largest absolute Gasteiger partial charge is 0.497 e. The lowest BCUT2D eigenvalue weighted by Crippen LogP contribution is -2.27. The minimum Gasteiger partial charge on any atom is -0.497 e. The number of amides is 1. The first kappa shape index (κ1) is 19.1. The summed E-state index contributed by atoms with van der Waals surface area (Å²) in [5.41, 5.74) is 0.555. The Morgan fingerprint density at radius 1 is 1.20 bits per heavy atom. The highest BCUT2D eigenvalue weighted by Crippen LogP contribution is 2.27. The van der Waals surface area contributed by atoms with Crippen LogP contribution in [0.5, 0.6) is 5.75 Å². The van der Waals surface area contributed by atoms with Gasteiger partial charge in [-0.05, 0) is 49.4 Å². The molecule has 0 bridgehead atoms. The fraction of sp³-hybridized carbons (Fsp3) is 0.235. The molecule has 1 N–H and O–H groups in total. The molecule has 0 atom stereocenters. The average molecular weight is 383 g/mol. The third kappa shape index (κ3) is 4.05. The van der Waals surface area contributed by atoms with E-state index in [-0.39, 0.29) is 21.4 Å². The third-order valence-corrected chi connectivity index (χ3v) is 5.74. The van der Waals surface area contributed by atoms with Crippen LogP contribution >= 0.6 is 11.6 Å². The average Bonchev–Trinajstić information content (AvgIpc) is 2.61. The fourth-order valence-electron chi connectivity index (χ4n) is 2.18. The molecule has 0 unspecified atom stereocenters. The molecule has 0 heterocycles. The van der Waals surface area contributed by atoms with Crippen LogP contribution in [0.3, 0.4) is 0 Å². The summed E-state index contributed by atoms with van der Waals surface area (Å²) in [7, 11) is -0.855. The zero-order valence-corrected chi connectivity index (χ0v) is 15.7. The number of sulfonamides is 1. The van der Waals surface area contributed by atoms with Gasteiger partial charge in [-0.15, -0.1) is 0 Å². The van der Waals surface area contributed by atoms with Gasteiger partial charge in [-0.1, -0.05) is 11.6 Å². The van der Waals surface area contributed by atoms with E-state index in [1.807, 2.05) is 0 Å². The Labute approximate surface area is 152 Å². The zero-order valence-electron chi connectivity index (χ0n) is 14.1. The van der Waals surface area contributed by atoms with E-state index in [9.17, 15) is 13.2 Å². The Morgan fingerprint density at radius 3 is 2.40 bits per heavy atom. The van der Waals surface area contributed by atoms with Crippen molar-refractivity contribution in [1.82, 2.24) is 5.32 Å². The molecule has 2 aromatic rings. The molecular weight excluding hydrogens is 364 g/mol. The lowest BCUT2D eigenvalue weighted by atomic mass is 10.2. The predicted octanol–water partition coefficient (Wildman–Crippen LogP) is 2.92. The van der Waals surface area contributed by atoms with Crippen molar-refractivity contribution in [3.05, 3.63) is 53.1 Å². The van der Waals surface area contributed by atoms with E-state index in [0.29, 0.717) is 18.0 Å². The summed E-state index contributed by atoms with van der Waals surface area (Å²) in [5.74, 6) is 0.205. The number of carbonyl (C=O) groups excluding carboxylic acids is 1. The molecule has 0 aromatic heterocycles. The van der Waals surface area contributed by atoms with Gasteiger partial charge in [-0.3, -0.25) is 9.10 Å². The molecule has 1 amide bonds. The van der Waals surface area contributed by atoms with E-state index >= 15 is 0 Å². The molecule has 0 aliphatic carbocycles. The number of hydrogen-bond acceptors (Lipinski definition) is 4. The van der Waals surface area contributed by atoms with Crippen molar-refractivity contribution in [1.29, 1.82) is 0 Å². The maximum absolute atomic E-state index is 12.8. The fourth-order valence-corrected chi connectivity index (χ4v) is 3.57. The number of ether oxygens (including phenoxy) is 1. The number of methoxy groups -OCH3 is 1. The Bertz CT molecular complexity index is 867. The van der Waals surface area contributed by atoms with Crippen molar-refractivity contribution in [2.45, 2.75) is 11.8 Å². The molecule has 0 saturated carbocycles. The lowest BCUT2D eigenvalue weighted by Gasteiger charge is -2.20. The maximum Gasteiger partial charge on any atom is 0.264 e. The minimum absolute atomic E-state index is 0.116. The number of halogens is 1. The number of hydrogen-bond donors (Lipinski definition) is 1. The summed E-state index contributed by atoms with van der Waals surface area (Å²) >= 11 is 6.05. The molecule has 134 valence electrons. The van der Waals surface area contributed by atoms with Crippen LogP contribution in [-0.4, -0.2) is 35.0 Å². The van der Waals surface area contributed by atoms with E-state index in [1.165, 1.54) is 38.4 Å². The molecule has 0 fully saturated rings. The van der Waals surface area contributed by atoms with Gasteiger partial charge in [-0.25, -0.2) is 8.42 Å². The highest BCUT2D eigenvalue weighted by atomic mass is 35.5. The Kier molecular flexibility index (Phi) is 5.92. The van der Waals surface area contributed by atoms with Crippen LogP contribution in [0, 0.1) is 0 Å². The van der Waals surface area contributed by atoms with Gasteiger partial charge in [0.15, 0.2) is 0 Å². The number of carbonyl (C=O) groups is 1. The van der Waals surface area contributed by atoms with Gasteiger partial charge in [0.1, 0.15) is 5.75 Å². The number of nitrogens with zero attached hydrogens (tertiary/aromatic N) is 1. The second-order valence-electron chi connectivity index (χ2n) is 5.17. The van der Waals surface area contributed by atoms with E-state index < -0.39 is 10.0 Å². The molecule has 6 nitrogen and oxygen atoms in total. The van der Waals surface area contributed by atoms with Crippen molar-refractivity contribution < 1.29 is 17.9 Å². The van der Waals surface area contributed by atoms with Crippen LogP contribution < -0.4 is 14.4 Å². The second kappa shape index (κ2) is 7.76. The predicted molar refractivity (Wildman–Crippen MR) is 98.0 cm³/mol. The summed E-state index contributed by atoms with van der Waals surface area (Å²) in [6.07, 6.45) is 0. The monoisotopic (exact) mass is 382 g/mol. The summed E-state index contributed by atoms with van der Waals surface area (Å²) in [6.45, 7) is 2.23. The molecule has 0 saturated heterocycles. The quantitative estimate of drug-likeness (QED) is 0.833. The molecule has 2 rings (SSSR count). The van der Waals surface area contributed by atoms with Crippen LogP contribution in [0.1, 0.15) is 17.3 Å². The van der Waals surface area contributed by atoms with Gasteiger partial charge in [0.2, 0.25) is 0 Å². The Hall–Kier alpha value is -2.25. The number of benzene rings is 2. The van der Waals surface area contributed by atoms with E-state index in [0.717, 1.165) is 4.31 Å². The van der Waals surface area contributed by atoms with Crippen molar-refractivity contribution in [2.24, 2.45) is 0 Å². The van der Waals surface area contributed by atoms with Crippen molar-refractivity contribution in [3.63, 3.8) is 0 Å².